The number of alkyl halides is 3. The first-order valence-electron chi connectivity index (χ1n) is 9.73. The van der Waals surface area contributed by atoms with Gasteiger partial charge in [-0.15, -0.1) is 0 Å². The van der Waals surface area contributed by atoms with Gasteiger partial charge >= 0.3 is 6.18 Å². The van der Waals surface area contributed by atoms with Gasteiger partial charge in [0.25, 0.3) is 5.91 Å². The van der Waals surface area contributed by atoms with Crippen LogP contribution in [0.25, 0.3) is 0 Å². The van der Waals surface area contributed by atoms with E-state index in [1.165, 1.54) is 18.2 Å². The Balaban J connectivity index is 1.87. The molecule has 0 bridgehead atoms. The van der Waals surface area contributed by atoms with Gasteiger partial charge in [-0.3, -0.25) is 4.79 Å². The van der Waals surface area contributed by atoms with Gasteiger partial charge in [-0.1, -0.05) is 23.2 Å². The molecule has 1 heterocycles. The van der Waals surface area contributed by atoms with Crippen molar-refractivity contribution >= 4 is 34.8 Å². The molecule has 0 radical (unpaired) electrons. The lowest BCUT2D eigenvalue weighted by Gasteiger charge is -2.33. The SMILES string of the molecule is COCCNC(=O)c1ccc(N2CCC(c3cc(Cl)cc(Cl)c3)(C(F)(F)F)C2)cc1C. The molecule has 2 aromatic carbocycles. The van der Waals surface area contributed by atoms with Crippen molar-refractivity contribution in [2.24, 2.45) is 0 Å². The Kier molecular flexibility index (Phi) is 7.08. The summed E-state index contributed by atoms with van der Waals surface area (Å²) in [6.45, 7) is 2.48. The molecule has 1 aliphatic heterocycles. The van der Waals surface area contributed by atoms with Crippen molar-refractivity contribution in [1.29, 1.82) is 0 Å². The Morgan fingerprint density at radius 2 is 1.87 bits per heavy atom. The zero-order valence-corrected chi connectivity index (χ0v) is 18.7. The fourth-order valence-corrected chi connectivity index (χ4v) is 4.48. The summed E-state index contributed by atoms with van der Waals surface area (Å²) in [6, 6.07) is 9.14. The van der Waals surface area contributed by atoms with E-state index in [4.69, 9.17) is 27.9 Å². The third-order valence-corrected chi connectivity index (χ3v) is 6.07. The molecule has 1 unspecified atom stereocenters. The predicted molar refractivity (Wildman–Crippen MR) is 116 cm³/mol. The number of aryl methyl sites for hydroxylation is 1. The Labute approximate surface area is 189 Å². The molecule has 0 aromatic heterocycles. The first-order chi connectivity index (χ1) is 14.6. The molecule has 168 valence electrons. The lowest BCUT2D eigenvalue weighted by molar-refractivity contribution is -0.184. The monoisotopic (exact) mass is 474 g/mol. The number of methoxy groups -OCH3 is 1. The molecule has 31 heavy (non-hydrogen) atoms. The second kappa shape index (κ2) is 9.27. The van der Waals surface area contributed by atoms with Crippen LogP contribution in [0, 0.1) is 6.92 Å². The number of ether oxygens (including phenoxy) is 1. The molecule has 0 saturated carbocycles. The van der Waals surface area contributed by atoms with Gasteiger partial charge in [-0.05, 0) is 60.9 Å². The Morgan fingerprint density at radius 3 is 2.45 bits per heavy atom. The van der Waals surface area contributed by atoms with Gasteiger partial charge < -0.3 is 15.0 Å². The van der Waals surface area contributed by atoms with Crippen LogP contribution < -0.4 is 10.2 Å². The van der Waals surface area contributed by atoms with E-state index in [1.54, 1.807) is 37.1 Å². The average molecular weight is 475 g/mol. The van der Waals surface area contributed by atoms with Crippen molar-refractivity contribution in [3.8, 4) is 0 Å². The summed E-state index contributed by atoms with van der Waals surface area (Å²) in [6.07, 6.45) is -4.60. The highest BCUT2D eigenvalue weighted by atomic mass is 35.5. The minimum absolute atomic E-state index is 0.0610. The number of nitrogens with zero attached hydrogens (tertiary/aromatic N) is 1. The summed E-state index contributed by atoms with van der Waals surface area (Å²) in [5.74, 6) is -0.249. The maximum atomic E-state index is 14.3. The fraction of sp³-hybridized carbons (Fsp3) is 0.409. The Morgan fingerprint density at radius 1 is 1.19 bits per heavy atom. The van der Waals surface area contributed by atoms with Gasteiger partial charge in [0.15, 0.2) is 0 Å². The Bertz CT molecular complexity index is 948. The molecule has 3 rings (SSSR count). The van der Waals surface area contributed by atoms with Gasteiger partial charge in [-0.25, -0.2) is 0 Å². The average Bonchev–Trinajstić information content (AvgIpc) is 3.14. The molecular formula is C22H23Cl2F3N2O2. The van der Waals surface area contributed by atoms with Crippen LogP contribution in [0.1, 0.15) is 27.9 Å². The molecule has 1 atom stereocenters. The molecular weight excluding hydrogens is 452 g/mol. The molecule has 1 saturated heterocycles. The Hall–Kier alpha value is -1.96. The van der Waals surface area contributed by atoms with E-state index in [9.17, 15) is 18.0 Å². The highest BCUT2D eigenvalue weighted by molar-refractivity contribution is 6.34. The minimum Gasteiger partial charge on any atom is -0.383 e. The lowest BCUT2D eigenvalue weighted by atomic mass is 9.79. The summed E-state index contributed by atoms with van der Waals surface area (Å²) in [4.78, 5) is 14.0. The van der Waals surface area contributed by atoms with Crippen LogP contribution in [0.2, 0.25) is 10.0 Å². The fourth-order valence-electron chi connectivity index (χ4n) is 3.95. The molecule has 9 heteroatoms. The van der Waals surface area contributed by atoms with Crippen molar-refractivity contribution in [3.05, 3.63) is 63.1 Å². The molecule has 1 amide bonds. The number of carbonyl (C=O) groups is 1. The second-order valence-corrected chi connectivity index (χ2v) is 8.53. The van der Waals surface area contributed by atoms with Gasteiger partial charge in [0.2, 0.25) is 0 Å². The third-order valence-electron chi connectivity index (χ3n) is 5.64. The maximum absolute atomic E-state index is 14.3. The van der Waals surface area contributed by atoms with E-state index in [0.717, 1.165) is 0 Å². The first-order valence-corrected chi connectivity index (χ1v) is 10.5. The third kappa shape index (κ3) is 4.94. The number of nitrogens with one attached hydrogen (secondary N) is 1. The van der Waals surface area contributed by atoms with Gasteiger partial charge in [0.05, 0.1) is 6.61 Å². The number of anilines is 1. The number of hydrogen-bond acceptors (Lipinski definition) is 3. The van der Waals surface area contributed by atoms with Gasteiger partial charge in [0.1, 0.15) is 5.41 Å². The molecule has 0 aliphatic carbocycles. The summed E-state index contributed by atoms with van der Waals surface area (Å²) in [5, 5.41) is 3.08. The number of halogens is 5. The van der Waals surface area contributed by atoms with E-state index in [-0.39, 0.29) is 41.0 Å². The van der Waals surface area contributed by atoms with Crippen molar-refractivity contribution in [1.82, 2.24) is 5.32 Å². The molecule has 1 N–H and O–H groups in total. The summed E-state index contributed by atoms with van der Waals surface area (Å²) < 4.78 is 47.7. The number of hydrogen-bond donors (Lipinski definition) is 1. The van der Waals surface area contributed by atoms with E-state index in [2.05, 4.69) is 5.32 Å². The van der Waals surface area contributed by atoms with Crippen LogP contribution in [-0.4, -0.2) is 45.4 Å². The lowest BCUT2D eigenvalue weighted by Crippen LogP contribution is -2.44. The van der Waals surface area contributed by atoms with Crippen molar-refractivity contribution in [3.63, 3.8) is 0 Å². The van der Waals surface area contributed by atoms with E-state index >= 15 is 0 Å². The van der Waals surface area contributed by atoms with Crippen molar-refractivity contribution in [2.75, 3.05) is 38.3 Å². The van der Waals surface area contributed by atoms with Gasteiger partial charge in [0, 0.05) is 48.0 Å². The summed E-state index contributed by atoms with van der Waals surface area (Å²) in [5.41, 5.74) is -0.229. The standard InChI is InChI=1S/C22H23Cl2F3N2O2/c1-14-9-18(3-4-19(14)20(30)28-6-8-31-2)29-7-5-21(13-29,22(25,26)27)15-10-16(23)12-17(24)11-15/h3-4,9-12H,5-8,13H2,1-2H3,(H,28,30). The molecule has 4 nitrogen and oxygen atoms in total. The summed E-state index contributed by atoms with van der Waals surface area (Å²) >= 11 is 12.0. The number of benzene rings is 2. The normalized spacial score (nSPS) is 19.0. The van der Waals surface area contributed by atoms with Crippen LogP contribution >= 0.6 is 23.2 Å². The van der Waals surface area contributed by atoms with Gasteiger partial charge in [-0.2, -0.15) is 13.2 Å². The topological polar surface area (TPSA) is 41.6 Å². The first kappa shape index (κ1) is 23.7. The summed E-state index contributed by atoms with van der Waals surface area (Å²) in [7, 11) is 1.54. The predicted octanol–water partition coefficient (Wildman–Crippen LogP) is 5.39. The van der Waals surface area contributed by atoms with Crippen LogP contribution in [0.15, 0.2) is 36.4 Å². The number of rotatable bonds is 6. The van der Waals surface area contributed by atoms with E-state index < -0.39 is 11.6 Å². The highest BCUT2D eigenvalue weighted by Crippen LogP contribution is 2.49. The molecule has 0 spiro atoms. The van der Waals surface area contributed by atoms with Crippen molar-refractivity contribution < 1.29 is 22.7 Å². The molecule has 1 aliphatic rings. The van der Waals surface area contributed by atoms with Crippen LogP contribution in [0.3, 0.4) is 0 Å². The smallest absolute Gasteiger partial charge is 0.383 e. The molecule has 1 fully saturated rings. The van der Waals surface area contributed by atoms with Crippen LogP contribution in [-0.2, 0) is 10.2 Å². The highest BCUT2D eigenvalue weighted by Gasteiger charge is 2.59. The van der Waals surface area contributed by atoms with Crippen LogP contribution in [0.4, 0.5) is 18.9 Å². The van der Waals surface area contributed by atoms with Crippen LogP contribution in [0.5, 0.6) is 0 Å². The zero-order chi connectivity index (χ0) is 22.8. The number of carbonyl (C=O) groups excluding carboxylic acids is 1. The number of amides is 1. The maximum Gasteiger partial charge on any atom is 0.400 e. The van der Waals surface area contributed by atoms with E-state index in [1.807, 2.05) is 0 Å². The van der Waals surface area contributed by atoms with Crippen molar-refractivity contribution in [2.45, 2.75) is 24.9 Å². The molecule has 2 aromatic rings. The largest absolute Gasteiger partial charge is 0.400 e. The minimum atomic E-state index is -4.48. The quantitative estimate of drug-likeness (QED) is 0.570. The van der Waals surface area contributed by atoms with E-state index in [0.29, 0.717) is 30.0 Å². The zero-order valence-electron chi connectivity index (χ0n) is 17.2. The second-order valence-electron chi connectivity index (χ2n) is 7.66.